The molecule has 0 aliphatic rings. The molecule has 1 atom stereocenters. The third-order valence-corrected chi connectivity index (χ3v) is 5.06. The Morgan fingerprint density at radius 1 is 1.12 bits per heavy atom. The molecule has 0 aromatic heterocycles. The number of ether oxygens (including phenoxy) is 1. The highest BCUT2D eigenvalue weighted by Gasteiger charge is 2.24. The van der Waals surface area contributed by atoms with Crippen LogP contribution in [0.4, 0.5) is 4.39 Å². The highest BCUT2D eigenvalue weighted by Crippen LogP contribution is 2.22. The Morgan fingerprint density at radius 2 is 1.72 bits per heavy atom. The predicted octanol–water partition coefficient (Wildman–Crippen LogP) is 3.11. The number of carbonyl (C=O) groups is 1. The van der Waals surface area contributed by atoms with Crippen molar-refractivity contribution in [1.29, 1.82) is 0 Å². The molecule has 0 saturated heterocycles. The van der Waals surface area contributed by atoms with Gasteiger partial charge >= 0.3 is 5.97 Å². The van der Waals surface area contributed by atoms with Gasteiger partial charge in [0.2, 0.25) is 10.0 Å². The molecule has 25 heavy (non-hydrogen) atoms. The van der Waals surface area contributed by atoms with E-state index in [1.54, 1.807) is 19.1 Å². The molecule has 5 nitrogen and oxygen atoms in total. The molecule has 7 heteroatoms. The molecule has 0 saturated carbocycles. The number of benzene rings is 2. The van der Waals surface area contributed by atoms with Gasteiger partial charge in [0.1, 0.15) is 5.82 Å². The smallest absolute Gasteiger partial charge is 0.307 e. The summed E-state index contributed by atoms with van der Waals surface area (Å²) in [5.41, 5.74) is 1.66. The van der Waals surface area contributed by atoms with E-state index in [1.165, 1.54) is 12.1 Å². The number of hydrogen-bond donors (Lipinski definition) is 1. The van der Waals surface area contributed by atoms with Gasteiger partial charge in [-0.25, -0.2) is 17.5 Å². The molecule has 0 radical (unpaired) electrons. The van der Waals surface area contributed by atoms with Gasteiger partial charge in [0.05, 0.1) is 24.0 Å². The highest BCUT2D eigenvalue weighted by molar-refractivity contribution is 7.89. The van der Waals surface area contributed by atoms with E-state index >= 15 is 0 Å². The van der Waals surface area contributed by atoms with Gasteiger partial charge in [0.15, 0.2) is 0 Å². The maximum Gasteiger partial charge on any atom is 0.307 e. The van der Waals surface area contributed by atoms with E-state index in [4.69, 9.17) is 4.74 Å². The number of halogens is 1. The molecule has 0 spiro atoms. The van der Waals surface area contributed by atoms with E-state index in [-0.39, 0.29) is 17.9 Å². The first-order chi connectivity index (χ1) is 11.8. The van der Waals surface area contributed by atoms with Gasteiger partial charge in [0, 0.05) is 0 Å². The minimum Gasteiger partial charge on any atom is -0.466 e. The molecule has 0 amide bonds. The third-order valence-electron chi connectivity index (χ3n) is 3.58. The molecular weight excluding hydrogens is 345 g/mol. The molecule has 0 fully saturated rings. The fourth-order valence-electron chi connectivity index (χ4n) is 2.28. The maximum absolute atomic E-state index is 13.0. The van der Waals surface area contributed by atoms with Crippen LogP contribution in [0.5, 0.6) is 0 Å². The van der Waals surface area contributed by atoms with Gasteiger partial charge in [0.25, 0.3) is 0 Å². The Kier molecular flexibility index (Phi) is 6.27. The van der Waals surface area contributed by atoms with Crippen molar-refractivity contribution in [3.8, 4) is 0 Å². The number of rotatable bonds is 7. The summed E-state index contributed by atoms with van der Waals surface area (Å²) in [7, 11) is -3.92. The van der Waals surface area contributed by atoms with Crippen LogP contribution >= 0.6 is 0 Å². The Hall–Kier alpha value is -2.25. The van der Waals surface area contributed by atoms with Crippen molar-refractivity contribution >= 4 is 16.0 Å². The summed E-state index contributed by atoms with van der Waals surface area (Å²) in [5.74, 6) is -1.03. The first kappa shape index (κ1) is 19.1. The van der Waals surface area contributed by atoms with Crippen molar-refractivity contribution in [1.82, 2.24) is 4.72 Å². The van der Waals surface area contributed by atoms with Crippen LogP contribution < -0.4 is 4.72 Å². The lowest BCUT2D eigenvalue weighted by atomic mass is 10.0. The first-order valence-electron chi connectivity index (χ1n) is 7.82. The van der Waals surface area contributed by atoms with E-state index in [2.05, 4.69) is 4.72 Å². The number of nitrogens with one attached hydrogen (secondary N) is 1. The minimum atomic E-state index is -3.92. The highest BCUT2D eigenvalue weighted by atomic mass is 32.2. The largest absolute Gasteiger partial charge is 0.466 e. The fraction of sp³-hybridized carbons (Fsp3) is 0.278. The van der Waals surface area contributed by atoms with E-state index in [0.717, 1.165) is 17.7 Å². The van der Waals surface area contributed by atoms with Crippen molar-refractivity contribution in [2.45, 2.75) is 31.2 Å². The summed E-state index contributed by atoms with van der Waals surface area (Å²) in [6.07, 6.45) is -0.142. The number of hydrogen-bond acceptors (Lipinski definition) is 4. The van der Waals surface area contributed by atoms with Crippen LogP contribution in [0, 0.1) is 12.7 Å². The monoisotopic (exact) mass is 365 g/mol. The third kappa shape index (κ3) is 5.37. The van der Waals surface area contributed by atoms with Crippen molar-refractivity contribution in [2.24, 2.45) is 0 Å². The van der Waals surface area contributed by atoms with Gasteiger partial charge < -0.3 is 4.74 Å². The maximum atomic E-state index is 13.0. The molecule has 134 valence electrons. The zero-order valence-electron chi connectivity index (χ0n) is 14.0. The number of aryl methyl sites for hydroxylation is 1. The van der Waals surface area contributed by atoms with Crippen LogP contribution in [0.1, 0.15) is 30.5 Å². The summed E-state index contributed by atoms with van der Waals surface area (Å²) in [5, 5.41) is 0. The number of esters is 1. The SMILES string of the molecule is CCOC(=O)C[C@@H](NS(=O)(=O)c1ccc(F)cc1)c1ccc(C)cc1. The average molecular weight is 365 g/mol. The Labute approximate surface area is 146 Å². The van der Waals surface area contributed by atoms with Crippen LogP contribution in [-0.4, -0.2) is 21.0 Å². The van der Waals surface area contributed by atoms with Crippen LogP contribution in [0.15, 0.2) is 53.4 Å². The molecule has 0 unspecified atom stereocenters. The predicted molar refractivity (Wildman–Crippen MR) is 91.9 cm³/mol. The number of carbonyl (C=O) groups excluding carboxylic acids is 1. The van der Waals surface area contributed by atoms with Crippen LogP contribution in [0.2, 0.25) is 0 Å². The van der Waals surface area contributed by atoms with Crippen molar-refractivity contribution in [3.05, 3.63) is 65.5 Å². The molecule has 0 bridgehead atoms. The Balaban J connectivity index is 2.29. The Bertz CT molecular complexity index is 817. The molecule has 2 aromatic carbocycles. The molecule has 1 N–H and O–H groups in total. The zero-order valence-corrected chi connectivity index (χ0v) is 14.8. The van der Waals surface area contributed by atoms with Crippen LogP contribution in [-0.2, 0) is 19.6 Å². The fourth-order valence-corrected chi connectivity index (χ4v) is 3.51. The second kappa shape index (κ2) is 8.22. The van der Waals surface area contributed by atoms with Crippen molar-refractivity contribution < 1.29 is 22.3 Å². The zero-order chi connectivity index (χ0) is 18.4. The molecule has 0 aliphatic heterocycles. The van der Waals surface area contributed by atoms with Crippen LogP contribution in [0.3, 0.4) is 0 Å². The second-order valence-corrected chi connectivity index (χ2v) is 7.26. The normalized spacial score (nSPS) is 12.6. The van der Waals surface area contributed by atoms with Crippen molar-refractivity contribution in [2.75, 3.05) is 6.61 Å². The summed E-state index contributed by atoms with van der Waals surface area (Å²) >= 11 is 0. The lowest BCUT2D eigenvalue weighted by Gasteiger charge is -2.19. The molecular formula is C18H20FNO4S. The lowest BCUT2D eigenvalue weighted by molar-refractivity contribution is -0.143. The quantitative estimate of drug-likeness (QED) is 0.765. The summed E-state index contributed by atoms with van der Waals surface area (Å²) < 4.78 is 45.5. The molecule has 0 heterocycles. The van der Waals surface area contributed by atoms with E-state index in [0.29, 0.717) is 5.56 Å². The molecule has 2 aromatic rings. The molecule has 2 rings (SSSR count). The first-order valence-corrected chi connectivity index (χ1v) is 9.30. The van der Waals surface area contributed by atoms with Gasteiger partial charge in [-0.3, -0.25) is 4.79 Å². The standard InChI is InChI=1S/C18H20FNO4S/c1-3-24-18(21)12-17(14-6-4-13(2)5-7-14)20-25(22,23)16-10-8-15(19)9-11-16/h4-11,17,20H,3,12H2,1-2H3/t17-/m1/s1. The van der Waals surface area contributed by atoms with E-state index < -0.39 is 27.9 Å². The summed E-state index contributed by atoms with van der Waals surface area (Å²) in [6, 6.07) is 10.9. The van der Waals surface area contributed by atoms with Gasteiger partial charge in [-0.1, -0.05) is 29.8 Å². The average Bonchev–Trinajstić information content (AvgIpc) is 2.55. The minimum absolute atomic E-state index is 0.0742. The Morgan fingerprint density at radius 3 is 2.28 bits per heavy atom. The van der Waals surface area contributed by atoms with E-state index in [1.807, 2.05) is 19.1 Å². The van der Waals surface area contributed by atoms with Crippen molar-refractivity contribution in [3.63, 3.8) is 0 Å². The number of sulfonamides is 1. The van der Waals surface area contributed by atoms with Gasteiger partial charge in [-0.2, -0.15) is 0 Å². The molecule has 0 aliphatic carbocycles. The van der Waals surface area contributed by atoms with Gasteiger partial charge in [-0.15, -0.1) is 0 Å². The topological polar surface area (TPSA) is 72.5 Å². The summed E-state index contributed by atoms with van der Waals surface area (Å²) in [4.78, 5) is 11.8. The second-order valence-electron chi connectivity index (χ2n) is 5.55. The van der Waals surface area contributed by atoms with E-state index in [9.17, 15) is 17.6 Å². The lowest BCUT2D eigenvalue weighted by Crippen LogP contribution is -2.30. The van der Waals surface area contributed by atoms with Gasteiger partial charge in [-0.05, 0) is 43.7 Å². The summed E-state index contributed by atoms with van der Waals surface area (Å²) in [6.45, 7) is 3.80. The van der Waals surface area contributed by atoms with Crippen LogP contribution in [0.25, 0.3) is 0 Å².